The fourth-order valence-electron chi connectivity index (χ4n) is 4.07. The third kappa shape index (κ3) is 10.5. The van der Waals surface area contributed by atoms with E-state index in [0.717, 1.165) is 0 Å². The zero-order chi connectivity index (χ0) is 32.7. The van der Waals surface area contributed by atoms with Crippen LogP contribution in [-0.4, -0.2) is 54.0 Å². The second-order valence-corrected chi connectivity index (χ2v) is 14.1. The molecule has 3 amide bonds. The molecule has 0 unspecified atom stereocenters. The van der Waals surface area contributed by atoms with Crippen LogP contribution in [0.25, 0.3) is 11.1 Å². The third-order valence-corrected chi connectivity index (χ3v) is 7.24. The molecule has 0 aliphatic carbocycles. The molecule has 0 aliphatic heterocycles. The summed E-state index contributed by atoms with van der Waals surface area (Å²) in [5.74, 6) is -2.36. The average Bonchev–Trinajstić information content (AvgIpc) is 2.95. The van der Waals surface area contributed by atoms with Gasteiger partial charge >= 0.3 is 17.9 Å². The van der Waals surface area contributed by atoms with Crippen molar-refractivity contribution >= 4 is 74.3 Å². The number of sulfonamides is 1. The van der Waals surface area contributed by atoms with Gasteiger partial charge in [0.15, 0.2) is 0 Å². The molecule has 0 bridgehead atoms. The van der Waals surface area contributed by atoms with Crippen LogP contribution in [0.2, 0.25) is 0 Å². The highest BCUT2D eigenvalue weighted by atomic mass is 35.6. The molecule has 0 saturated heterocycles. The van der Waals surface area contributed by atoms with E-state index in [2.05, 4.69) is 10.6 Å². The Morgan fingerprint density at radius 3 is 2.30 bits per heavy atom. The summed E-state index contributed by atoms with van der Waals surface area (Å²) >= 11 is 16.8. The van der Waals surface area contributed by atoms with Crippen molar-refractivity contribution in [1.82, 2.24) is 10.2 Å². The lowest BCUT2D eigenvalue weighted by molar-refractivity contribution is -0.143. The number of nitrogens with two attached hydrogens (primary N) is 1. The minimum Gasteiger partial charge on any atom is -0.391 e. The van der Waals surface area contributed by atoms with Crippen LogP contribution in [0.4, 0.5) is 10.5 Å². The fourth-order valence-corrected chi connectivity index (χ4v) is 5.06. The average molecular weight is 683 g/mol. The van der Waals surface area contributed by atoms with Gasteiger partial charge < -0.3 is 20.3 Å². The van der Waals surface area contributed by atoms with Gasteiger partial charge in [0.1, 0.15) is 0 Å². The highest BCUT2D eigenvalue weighted by Gasteiger charge is 2.25. The Morgan fingerprint density at radius 1 is 1.00 bits per heavy atom. The Morgan fingerprint density at radius 2 is 1.68 bits per heavy atom. The normalized spacial score (nSPS) is 11.5. The van der Waals surface area contributed by atoms with Gasteiger partial charge in [0.05, 0.1) is 11.4 Å². The number of primary sulfonamides is 1. The van der Waals surface area contributed by atoms with Gasteiger partial charge in [0.25, 0.3) is 0 Å². The topological polar surface area (TPSA) is 172 Å². The van der Waals surface area contributed by atoms with Gasteiger partial charge in [-0.25, -0.2) is 18.4 Å². The van der Waals surface area contributed by atoms with Crippen molar-refractivity contribution in [3.63, 3.8) is 0 Å². The van der Waals surface area contributed by atoms with E-state index in [9.17, 15) is 22.8 Å². The number of rotatable bonds is 9. The zero-order valence-electron chi connectivity index (χ0n) is 23.6. The zero-order valence-corrected chi connectivity index (χ0v) is 26.7. The number of nitrogens with one attached hydrogen (secondary N) is 3. The number of hydrogen-bond acceptors (Lipinski definition) is 7. The van der Waals surface area contributed by atoms with Crippen molar-refractivity contribution in [2.75, 3.05) is 18.4 Å². The van der Waals surface area contributed by atoms with Gasteiger partial charge in [-0.1, -0.05) is 97.2 Å². The SMILES string of the molecule is CC(C)CN(Cc1cccc(C(=N)OC(=O)NCC(Cl)(Cl)Cl)c1)C(=O)C(=O)Nc1ccc(-c2ccccc2)c(S(N)(=O)=O)c1. The Balaban J connectivity index is 1.77. The minimum atomic E-state index is -4.18. The van der Waals surface area contributed by atoms with Crippen LogP contribution in [0.5, 0.6) is 0 Å². The van der Waals surface area contributed by atoms with Crippen molar-refractivity contribution in [3.8, 4) is 11.1 Å². The fraction of sp³-hybridized carbons (Fsp3) is 0.241. The summed E-state index contributed by atoms with van der Waals surface area (Å²) in [7, 11) is -4.18. The van der Waals surface area contributed by atoms with E-state index in [1.807, 2.05) is 13.8 Å². The number of amides is 3. The molecular weight excluding hydrogens is 653 g/mol. The van der Waals surface area contributed by atoms with Gasteiger partial charge in [-0.2, -0.15) is 0 Å². The molecule has 44 heavy (non-hydrogen) atoms. The number of halogens is 3. The molecule has 3 aromatic rings. The van der Waals surface area contributed by atoms with Crippen LogP contribution in [0.15, 0.2) is 77.7 Å². The Bertz CT molecular complexity index is 1650. The first kappa shape index (κ1) is 34.8. The van der Waals surface area contributed by atoms with Crippen LogP contribution in [0, 0.1) is 11.3 Å². The maximum atomic E-state index is 13.3. The van der Waals surface area contributed by atoms with Crippen molar-refractivity contribution in [1.29, 1.82) is 5.41 Å². The number of carbonyl (C=O) groups excluding carboxylic acids is 3. The standard InChI is InChI=1S/C29H30Cl3N5O6S/c1-18(2)15-37(16-19-7-6-10-21(13-19)25(33)43-28(40)35-17-29(30,31)32)27(39)26(38)36-22-11-12-23(20-8-4-3-5-9-20)24(14-22)44(34,41)42/h3-14,18,33H,15-17H2,1-2H3,(H,35,40)(H,36,38)(H2,34,41,42). The first-order valence-electron chi connectivity index (χ1n) is 13.1. The first-order chi connectivity index (χ1) is 20.5. The van der Waals surface area contributed by atoms with Gasteiger partial charge in [-0.05, 0) is 41.3 Å². The van der Waals surface area contributed by atoms with E-state index >= 15 is 0 Å². The van der Waals surface area contributed by atoms with Crippen LogP contribution in [0.3, 0.4) is 0 Å². The second-order valence-electron chi connectivity index (χ2n) is 10.0. The van der Waals surface area contributed by atoms with Crippen molar-refractivity contribution < 1.29 is 27.5 Å². The molecule has 0 atom stereocenters. The van der Waals surface area contributed by atoms with Crippen molar-refractivity contribution in [3.05, 3.63) is 83.9 Å². The molecule has 0 saturated carbocycles. The molecule has 0 fully saturated rings. The predicted molar refractivity (Wildman–Crippen MR) is 170 cm³/mol. The predicted octanol–water partition coefficient (Wildman–Crippen LogP) is 5.05. The Kier molecular flexibility index (Phi) is 11.8. The number of carbonyl (C=O) groups is 3. The lowest BCUT2D eigenvalue weighted by atomic mass is 10.1. The van der Waals surface area contributed by atoms with Crippen molar-refractivity contribution in [2.45, 2.75) is 29.1 Å². The summed E-state index contributed by atoms with van der Waals surface area (Å²) in [6.45, 7) is 3.60. The monoisotopic (exact) mass is 681 g/mol. The number of hydrogen-bond donors (Lipinski definition) is 4. The van der Waals surface area contributed by atoms with E-state index < -0.39 is 37.6 Å². The van der Waals surface area contributed by atoms with Crippen LogP contribution < -0.4 is 15.8 Å². The molecule has 5 N–H and O–H groups in total. The van der Waals surface area contributed by atoms with Crippen molar-refractivity contribution in [2.24, 2.45) is 11.1 Å². The number of ether oxygens (including phenoxy) is 1. The maximum Gasteiger partial charge on any atom is 0.414 e. The number of nitrogens with zero attached hydrogens (tertiary/aromatic N) is 1. The molecule has 234 valence electrons. The van der Waals surface area contributed by atoms with Crippen LogP contribution >= 0.6 is 34.8 Å². The molecule has 0 spiro atoms. The summed E-state index contributed by atoms with van der Waals surface area (Å²) in [6, 6.07) is 19.2. The third-order valence-electron chi connectivity index (χ3n) is 5.89. The molecule has 0 aliphatic rings. The number of anilines is 1. The summed E-state index contributed by atoms with van der Waals surface area (Å²) in [4.78, 5) is 39.4. The maximum absolute atomic E-state index is 13.3. The summed E-state index contributed by atoms with van der Waals surface area (Å²) in [6.07, 6.45) is -0.998. The minimum absolute atomic E-state index is 0.0135. The highest BCUT2D eigenvalue weighted by Crippen LogP contribution is 2.29. The van der Waals surface area contributed by atoms with Crippen LogP contribution in [0.1, 0.15) is 25.0 Å². The molecule has 0 heterocycles. The largest absolute Gasteiger partial charge is 0.414 e. The number of alkyl halides is 3. The molecule has 15 heteroatoms. The van der Waals surface area contributed by atoms with E-state index in [1.165, 1.54) is 35.2 Å². The lowest BCUT2D eigenvalue weighted by Gasteiger charge is -2.24. The number of benzene rings is 3. The van der Waals surface area contributed by atoms with Gasteiger partial charge in [-0.15, -0.1) is 0 Å². The smallest absolute Gasteiger partial charge is 0.391 e. The summed E-state index contributed by atoms with van der Waals surface area (Å²) < 4.78 is 27.9. The molecule has 11 nitrogen and oxygen atoms in total. The van der Waals surface area contributed by atoms with Gasteiger partial charge in [0.2, 0.25) is 19.7 Å². The summed E-state index contributed by atoms with van der Waals surface area (Å²) in [5, 5.41) is 18.3. The Hall–Kier alpha value is -3.68. The summed E-state index contributed by atoms with van der Waals surface area (Å²) in [5.41, 5.74) is 1.79. The molecular formula is C29H30Cl3N5O6S. The second kappa shape index (κ2) is 14.9. The molecule has 0 radical (unpaired) electrons. The lowest BCUT2D eigenvalue weighted by Crippen LogP contribution is -2.41. The van der Waals surface area contributed by atoms with E-state index in [0.29, 0.717) is 16.7 Å². The van der Waals surface area contributed by atoms with Gasteiger partial charge in [0, 0.05) is 29.9 Å². The van der Waals surface area contributed by atoms with Gasteiger partial charge in [-0.3, -0.25) is 15.0 Å². The van der Waals surface area contributed by atoms with E-state index in [4.69, 9.17) is 50.1 Å². The van der Waals surface area contributed by atoms with Crippen LogP contribution in [-0.2, 0) is 30.9 Å². The molecule has 3 rings (SSSR count). The highest BCUT2D eigenvalue weighted by molar-refractivity contribution is 7.89. The quantitative estimate of drug-likeness (QED) is 0.107. The first-order valence-corrected chi connectivity index (χ1v) is 15.7. The molecule has 0 aromatic heterocycles. The number of alkyl carbamates (subject to hydrolysis) is 1. The van der Waals surface area contributed by atoms with E-state index in [-0.39, 0.29) is 41.7 Å². The molecule has 3 aromatic carbocycles. The Labute approximate surface area is 270 Å². The van der Waals surface area contributed by atoms with E-state index in [1.54, 1.807) is 42.5 Å².